The highest BCUT2D eigenvalue weighted by Gasteiger charge is 2.08. The van der Waals surface area contributed by atoms with Crippen LogP contribution in [0.15, 0.2) is 18.2 Å². The molecule has 1 atom stereocenters. The quantitative estimate of drug-likeness (QED) is 0.723. The fraction of sp³-hybridized carbons (Fsp3) is 0.250. The molecular weight excluding hydrogens is 181 g/mol. The summed E-state index contributed by atoms with van der Waals surface area (Å²) in [6, 6.07) is 5.26. The van der Waals surface area contributed by atoms with Gasteiger partial charge in [-0.05, 0) is 19.1 Å². The summed E-state index contributed by atoms with van der Waals surface area (Å²) in [7, 11) is 0. The second-order valence-corrected chi connectivity index (χ2v) is 3.24. The van der Waals surface area contributed by atoms with Crippen LogP contribution >= 0.6 is 23.2 Å². The molecule has 0 aliphatic heterocycles. The molecule has 0 fully saturated rings. The van der Waals surface area contributed by atoms with Gasteiger partial charge in [0.05, 0.1) is 0 Å². The van der Waals surface area contributed by atoms with E-state index in [0.29, 0.717) is 10.0 Å². The van der Waals surface area contributed by atoms with Crippen LogP contribution in [0.4, 0.5) is 0 Å². The first kappa shape index (κ1) is 8.85. The third kappa shape index (κ3) is 1.86. The first-order valence-electron chi connectivity index (χ1n) is 3.32. The average Bonchev–Trinajstić information content (AvgIpc) is 1.85. The maximum atomic E-state index is 5.86. The molecule has 60 valence electrons. The zero-order chi connectivity index (χ0) is 8.43. The fourth-order valence-corrected chi connectivity index (χ4v) is 1.69. The number of hydrogen-bond donors (Lipinski definition) is 1. The van der Waals surface area contributed by atoms with Crippen LogP contribution in [0.25, 0.3) is 0 Å². The molecule has 0 aromatic heterocycles. The molecule has 1 aromatic rings. The summed E-state index contributed by atoms with van der Waals surface area (Å²) >= 11 is 11.7. The normalized spacial score (nSPS) is 13.1. The van der Waals surface area contributed by atoms with Crippen molar-refractivity contribution in [3.05, 3.63) is 33.8 Å². The summed E-state index contributed by atoms with van der Waals surface area (Å²) in [6.07, 6.45) is 0. The zero-order valence-corrected chi connectivity index (χ0v) is 7.65. The highest BCUT2D eigenvalue weighted by molar-refractivity contribution is 6.36. The highest BCUT2D eigenvalue weighted by atomic mass is 35.5. The van der Waals surface area contributed by atoms with Gasteiger partial charge in [0, 0.05) is 21.7 Å². The lowest BCUT2D eigenvalue weighted by atomic mass is 10.1. The largest absolute Gasteiger partial charge is 0.324 e. The van der Waals surface area contributed by atoms with Gasteiger partial charge in [0.2, 0.25) is 0 Å². The Morgan fingerprint density at radius 2 is 1.73 bits per heavy atom. The highest BCUT2D eigenvalue weighted by Crippen LogP contribution is 2.28. The Kier molecular flexibility index (Phi) is 2.77. The predicted molar refractivity (Wildman–Crippen MR) is 49.1 cm³/mol. The van der Waals surface area contributed by atoms with Gasteiger partial charge in [-0.1, -0.05) is 29.3 Å². The number of hydrogen-bond acceptors (Lipinski definition) is 1. The average molecular weight is 190 g/mol. The molecule has 0 radical (unpaired) electrons. The van der Waals surface area contributed by atoms with E-state index in [1.807, 2.05) is 6.92 Å². The summed E-state index contributed by atoms with van der Waals surface area (Å²) in [5, 5.41) is 1.26. The molecule has 1 aromatic carbocycles. The molecule has 2 N–H and O–H groups in total. The Morgan fingerprint density at radius 3 is 2.00 bits per heavy atom. The first-order chi connectivity index (χ1) is 5.13. The second-order valence-electron chi connectivity index (χ2n) is 2.42. The Balaban J connectivity index is 3.21. The molecule has 1 rings (SSSR count). The number of halogens is 2. The van der Waals surface area contributed by atoms with Crippen LogP contribution in [-0.4, -0.2) is 0 Å². The Hall–Kier alpha value is -0.240. The van der Waals surface area contributed by atoms with Crippen LogP contribution in [0.2, 0.25) is 10.0 Å². The minimum Gasteiger partial charge on any atom is -0.324 e. The molecule has 1 unspecified atom stereocenters. The van der Waals surface area contributed by atoms with Crippen molar-refractivity contribution in [3.8, 4) is 0 Å². The molecule has 0 spiro atoms. The lowest BCUT2D eigenvalue weighted by Crippen LogP contribution is -2.06. The van der Waals surface area contributed by atoms with Crippen molar-refractivity contribution in [1.82, 2.24) is 0 Å². The minimum atomic E-state index is -0.115. The van der Waals surface area contributed by atoms with Crippen LogP contribution in [-0.2, 0) is 0 Å². The Morgan fingerprint density at radius 1 is 1.27 bits per heavy atom. The molecule has 1 nitrogen and oxygen atoms in total. The van der Waals surface area contributed by atoms with Crippen molar-refractivity contribution in [3.63, 3.8) is 0 Å². The first-order valence-corrected chi connectivity index (χ1v) is 4.08. The smallest absolute Gasteiger partial charge is 0.0468 e. The van der Waals surface area contributed by atoms with E-state index in [1.165, 1.54) is 0 Å². The fourth-order valence-electron chi connectivity index (χ4n) is 0.946. The maximum absolute atomic E-state index is 5.86. The van der Waals surface area contributed by atoms with Gasteiger partial charge in [0.1, 0.15) is 0 Å². The van der Waals surface area contributed by atoms with E-state index in [-0.39, 0.29) is 6.04 Å². The van der Waals surface area contributed by atoms with Crippen molar-refractivity contribution >= 4 is 23.2 Å². The van der Waals surface area contributed by atoms with Gasteiger partial charge >= 0.3 is 0 Å². The van der Waals surface area contributed by atoms with E-state index >= 15 is 0 Å². The van der Waals surface area contributed by atoms with Gasteiger partial charge < -0.3 is 5.73 Å². The minimum absolute atomic E-state index is 0.115. The van der Waals surface area contributed by atoms with Gasteiger partial charge in [0.15, 0.2) is 0 Å². The van der Waals surface area contributed by atoms with Gasteiger partial charge in [-0.3, -0.25) is 0 Å². The number of rotatable bonds is 1. The third-order valence-corrected chi connectivity index (χ3v) is 2.11. The van der Waals surface area contributed by atoms with Crippen LogP contribution in [0.3, 0.4) is 0 Å². The van der Waals surface area contributed by atoms with E-state index in [9.17, 15) is 0 Å². The van der Waals surface area contributed by atoms with Crippen LogP contribution in [0.5, 0.6) is 0 Å². The number of benzene rings is 1. The molecule has 0 heterocycles. The number of nitrogens with two attached hydrogens (primary N) is 1. The van der Waals surface area contributed by atoms with Crippen LogP contribution < -0.4 is 5.73 Å². The summed E-state index contributed by atoms with van der Waals surface area (Å²) in [5.41, 5.74) is 6.46. The van der Waals surface area contributed by atoms with Crippen molar-refractivity contribution < 1.29 is 0 Å². The van der Waals surface area contributed by atoms with Crippen molar-refractivity contribution in [2.75, 3.05) is 0 Å². The third-order valence-electron chi connectivity index (χ3n) is 1.46. The van der Waals surface area contributed by atoms with Crippen molar-refractivity contribution in [1.29, 1.82) is 0 Å². The Labute approximate surface area is 76.1 Å². The Bertz CT molecular complexity index is 238. The molecule has 0 saturated heterocycles. The van der Waals surface area contributed by atoms with Crippen molar-refractivity contribution in [2.45, 2.75) is 13.0 Å². The van der Waals surface area contributed by atoms with Crippen molar-refractivity contribution in [2.24, 2.45) is 5.73 Å². The topological polar surface area (TPSA) is 26.0 Å². The molecule has 11 heavy (non-hydrogen) atoms. The molecule has 3 heteroatoms. The van der Waals surface area contributed by atoms with E-state index in [2.05, 4.69) is 0 Å². The molecule has 0 aliphatic rings. The molecule has 0 amide bonds. The summed E-state index contributed by atoms with van der Waals surface area (Å²) in [4.78, 5) is 0. The molecule has 0 saturated carbocycles. The monoisotopic (exact) mass is 189 g/mol. The lowest BCUT2D eigenvalue weighted by Gasteiger charge is -2.09. The molecule has 0 bridgehead atoms. The van der Waals surface area contributed by atoms with Gasteiger partial charge in [-0.25, -0.2) is 0 Å². The van der Waals surface area contributed by atoms with E-state index < -0.39 is 0 Å². The van der Waals surface area contributed by atoms with Gasteiger partial charge in [-0.15, -0.1) is 0 Å². The summed E-state index contributed by atoms with van der Waals surface area (Å²) < 4.78 is 0. The van der Waals surface area contributed by atoms with Gasteiger partial charge in [0.25, 0.3) is 0 Å². The van der Waals surface area contributed by atoms with Crippen LogP contribution in [0, 0.1) is 0 Å². The summed E-state index contributed by atoms with van der Waals surface area (Å²) in [5.74, 6) is 0. The predicted octanol–water partition coefficient (Wildman–Crippen LogP) is 3.01. The standard InChI is InChI=1S/C8H9Cl2N/c1-5(11)8-6(9)3-2-4-7(8)10/h2-5H,11H2,1H3. The maximum Gasteiger partial charge on any atom is 0.0468 e. The second kappa shape index (κ2) is 3.44. The molecule has 0 aliphatic carbocycles. The zero-order valence-electron chi connectivity index (χ0n) is 6.14. The van der Waals surface area contributed by atoms with E-state index in [4.69, 9.17) is 28.9 Å². The van der Waals surface area contributed by atoms with Crippen LogP contribution in [0.1, 0.15) is 18.5 Å². The lowest BCUT2D eigenvalue weighted by molar-refractivity contribution is 0.819. The molecular formula is C8H9Cl2N. The van der Waals surface area contributed by atoms with E-state index in [0.717, 1.165) is 5.56 Å². The van der Waals surface area contributed by atoms with E-state index in [1.54, 1.807) is 18.2 Å². The van der Waals surface area contributed by atoms with Gasteiger partial charge in [-0.2, -0.15) is 0 Å². The summed E-state index contributed by atoms with van der Waals surface area (Å²) in [6.45, 7) is 1.85. The SMILES string of the molecule is CC(N)c1c(Cl)cccc1Cl.